The molecule has 4 unspecified atom stereocenters. The van der Waals surface area contributed by atoms with Gasteiger partial charge in [0.15, 0.2) is 0 Å². The highest BCUT2D eigenvalue weighted by molar-refractivity contribution is 4.92. The second-order valence-electron chi connectivity index (χ2n) is 5.95. The highest BCUT2D eigenvalue weighted by Gasteiger charge is 2.33. The fourth-order valence-electron chi connectivity index (χ4n) is 3.50. The first kappa shape index (κ1) is 12.9. The maximum atomic E-state index is 5.84. The molecule has 0 amide bonds. The van der Waals surface area contributed by atoms with E-state index in [9.17, 15) is 0 Å². The van der Waals surface area contributed by atoms with Crippen LogP contribution in [0, 0.1) is 5.92 Å². The highest BCUT2D eigenvalue weighted by atomic mass is 16.5. The van der Waals surface area contributed by atoms with Crippen molar-refractivity contribution in [2.75, 3.05) is 33.0 Å². The van der Waals surface area contributed by atoms with E-state index in [1.165, 1.54) is 38.6 Å². The van der Waals surface area contributed by atoms with Gasteiger partial charge in [-0.1, -0.05) is 6.42 Å². The van der Waals surface area contributed by atoms with Gasteiger partial charge in [-0.2, -0.15) is 0 Å². The van der Waals surface area contributed by atoms with Gasteiger partial charge in [0.2, 0.25) is 0 Å². The maximum Gasteiger partial charge on any atom is 0.0635 e. The molecule has 0 aliphatic carbocycles. The molecule has 4 nitrogen and oxygen atoms in total. The predicted octanol–water partition coefficient (Wildman–Crippen LogP) is 0.912. The van der Waals surface area contributed by atoms with Gasteiger partial charge in [0.05, 0.1) is 19.8 Å². The van der Waals surface area contributed by atoms with E-state index in [2.05, 4.69) is 10.6 Å². The Bertz CT molecular complexity index is 226. The van der Waals surface area contributed by atoms with Crippen LogP contribution in [0.25, 0.3) is 0 Å². The molecule has 0 aromatic carbocycles. The quantitative estimate of drug-likeness (QED) is 0.769. The summed E-state index contributed by atoms with van der Waals surface area (Å²) in [6.45, 7) is 4.74. The lowest BCUT2D eigenvalue weighted by atomic mass is 9.90. The summed E-state index contributed by atoms with van der Waals surface area (Å²) < 4.78 is 11.4. The number of piperidine rings is 1. The van der Waals surface area contributed by atoms with Crippen LogP contribution >= 0.6 is 0 Å². The Morgan fingerprint density at radius 3 is 2.50 bits per heavy atom. The molecule has 3 heterocycles. The zero-order valence-corrected chi connectivity index (χ0v) is 11.2. The summed E-state index contributed by atoms with van der Waals surface area (Å²) in [5, 5.41) is 7.46. The first-order valence-electron chi connectivity index (χ1n) is 7.58. The first-order chi connectivity index (χ1) is 8.93. The molecule has 3 saturated heterocycles. The van der Waals surface area contributed by atoms with Gasteiger partial charge in [-0.05, 0) is 38.1 Å². The van der Waals surface area contributed by atoms with Crippen molar-refractivity contribution in [2.24, 2.45) is 5.92 Å². The standard InChI is InChI=1S/C14H26N2O2/c1-2-6-15-12(5-1)14-10-18-9-13(16-14)11-4-3-7-17-8-11/h11-16H,1-10H2. The smallest absolute Gasteiger partial charge is 0.0635 e. The summed E-state index contributed by atoms with van der Waals surface area (Å²) in [5.74, 6) is 0.644. The minimum absolute atomic E-state index is 0.492. The van der Waals surface area contributed by atoms with Crippen molar-refractivity contribution in [2.45, 2.75) is 50.2 Å². The molecule has 2 N–H and O–H groups in total. The van der Waals surface area contributed by atoms with Crippen molar-refractivity contribution in [3.8, 4) is 0 Å². The van der Waals surface area contributed by atoms with Gasteiger partial charge in [-0.3, -0.25) is 0 Å². The van der Waals surface area contributed by atoms with Gasteiger partial charge in [-0.25, -0.2) is 0 Å². The Labute approximate surface area is 110 Å². The van der Waals surface area contributed by atoms with E-state index in [4.69, 9.17) is 9.47 Å². The van der Waals surface area contributed by atoms with Crippen molar-refractivity contribution in [1.82, 2.24) is 10.6 Å². The SMILES string of the molecule is C1CCC(C2COCC(C3CCCOC3)N2)NC1. The van der Waals surface area contributed by atoms with Gasteiger partial charge >= 0.3 is 0 Å². The molecular formula is C14H26N2O2. The van der Waals surface area contributed by atoms with E-state index < -0.39 is 0 Å². The predicted molar refractivity (Wildman–Crippen MR) is 70.7 cm³/mol. The van der Waals surface area contributed by atoms with Crippen molar-refractivity contribution in [1.29, 1.82) is 0 Å². The number of rotatable bonds is 2. The minimum Gasteiger partial charge on any atom is -0.381 e. The van der Waals surface area contributed by atoms with E-state index in [0.29, 0.717) is 24.0 Å². The second kappa shape index (κ2) is 6.33. The molecule has 3 aliphatic heterocycles. The Morgan fingerprint density at radius 2 is 1.72 bits per heavy atom. The molecule has 0 radical (unpaired) electrons. The van der Waals surface area contributed by atoms with Crippen molar-refractivity contribution in [3.05, 3.63) is 0 Å². The van der Waals surface area contributed by atoms with Crippen LogP contribution in [0.4, 0.5) is 0 Å². The first-order valence-corrected chi connectivity index (χ1v) is 7.58. The minimum atomic E-state index is 0.492. The second-order valence-corrected chi connectivity index (χ2v) is 5.95. The monoisotopic (exact) mass is 254 g/mol. The number of hydrogen-bond acceptors (Lipinski definition) is 4. The van der Waals surface area contributed by atoms with E-state index in [-0.39, 0.29) is 0 Å². The molecule has 18 heavy (non-hydrogen) atoms. The Kier molecular flexibility index (Phi) is 4.52. The van der Waals surface area contributed by atoms with E-state index in [1.54, 1.807) is 0 Å². The maximum absolute atomic E-state index is 5.84. The van der Waals surface area contributed by atoms with Crippen LogP contribution < -0.4 is 10.6 Å². The van der Waals surface area contributed by atoms with E-state index in [1.807, 2.05) is 0 Å². The van der Waals surface area contributed by atoms with Gasteiger partial charge in [0.1, 0.15) is 0 Å². The largest absolute Gasteiger partial charge is 0.381 e. The van der Waals surface area contributed by atoms with Crippen LogP contribution in [0.1, 0.15) is 32.1 Å². The molecule has 3 aliphatic rings. The number of ether oxygens (including phenoxy) is 2. The third kappa shape index (κ3) is 3.05. The van der Waals surface area contributed by atoms with Gasteiger partial charge < -0.3 is 20.1 Å². The highest BCUT2D eigenvalue weighted by Crippen LogP contribution is 2.22. The molecule has 0 aromatic rings. The zero-order chi connectivity index (χ0) is 12.2. The summed E-state index contributed by atoms with van der Waals surface area (Å²) in [7, 11) is 0. The van der Waals surface area contributed by atoms with E-state index >= 15 is 0 Å². The van der Waals surface area contributed by atoms with Crippen LogP contribution in [0.15, 0.2) is 0 Å². The van der Waals surface area contributed by atoms with E-state index in [0.717, 1.165) is 26.4 Å². The third-order valence-electron chi connectivity index (χ3n) is 4.62. The summed E-state index contributed by atoms with van der Waals surface area (Å²) in [4.78, 5) is 0. The lowest BCUT2D eigenvalue weighted by Gasteiger charge is -2.41. The third-order valence-corrected chi connectivity index (χ3v) is 4.62. The lowest BCUT2D eigenvalue weighted by molar-refractivity contribution is -0.0244. The molecule has 104 valence electrons. The van der Waals surface area contributed by atoms with Gasteiger partial charge in [-0.15, -0.1) is 0 Å². The lowest BCUT2D eigenvalue weighted by Crippen LogP contribution is -2.61. The fourth-order valence-corrected chi connectivity index (χ4v) is 3.50. The topological polar surface area (TPSA) is 42.5 Å². The van der Waals surface area contributed by atoms with Crippen molar-refractivity contribution >= 4 is 0 Å². The molecule has 3 fully saturated rings. The van der Waals surface area contributed by atoms with Crippen LogP contribution in [-0.2, 0) is 9.47 Å². The number of hydrogen-bond donors (Lipinski definition) is 2. The fraction of sp³-hybridized carbons (Fsp3) is 1.00. The molecule has 0 spiro atoms. The van der Waals surface area contributed by atoms with Crippen molar-refractivity contribution in [3.63, 3.8) is 0 Å². The van der Waals surface area contributed by atoms with Crippen molar-refractivity contribution < 1.29 is 9.47 Å². The Morgan fingerprint density at radius 1 is 0.778 bits per heavy atom. The van der Waals surface area contributed by atoms with Gasteiger partial charge in [0.25, 0.3) is 0 Å². The van der Waals surface area contributed by atoms with Crippen LogP contribution in [0.5, 0.6) is 0 Å². The molecular weight excluding hydrogens is 228 g/mol. The zero-order valence-electron chi connectivity index (χ0n) is 11.2. The molecule has 0 saturated carbocycles. The average Bonchev–Trinajstić information content (AvgIpc) is 2.49. The molecule has 3 rings (SSSR count). The molecule has 4 atom stereocenters. The molecule has 0 bridgehead atoms. The molecule has 0 aromatic heterocycles. The Hall–Kier alpha value is -0.160. The van der Waals surface area contributed by atoms with Crippen LogP contribution in [0.2, 0.25) is 0 Å². The summed E-state index contributed by atoms with van der Waals surface area (Å²) in [5.41, 5.74) is 0. The average molecular weight is 254 g/mol. The van der Waals surface area contributed by atoms with Crippen LogP contribution in [0.3, 0.4) is 0 Å². The van der Waals surface area contributed by atoms with Gasteiger partial charge in [0, 0.05) is 24.7 Å². The number of morpholine rings is 1. The van der Waals surface area contributed by atoms with Crippen LogP contribution in [-0.4, -0.2) is 51.1 Å². The summed E-state index contributed by atoms with van der Waals surface area (Å²) in [6.07, 6.45) is 6.45. The number of nitrogens with one attached hydrogen (secondary N) is 2. The summed E-state index contributed by atoms with van der Waals surface area (Å²) >= 11 is 0. The normalized spacial score (nSPS) is 42.7. The Balaban J connectivity index is 1.53. The molecule has 4 heteroatoms. The summed E-state index contributed by atoms with van der Waals surface area (Å²) in [6, 6.07) is 1.59.